The summed E-state index contributed by atoms with van der Waals surface area (Å²) >= 11 is 3.72. The van der Waals surface area contributed by atoms with Gasteiger partial charge in [0.05, 0.1) is 15.9 Å². The number of aryl methyl sites for hydroxylation is 3. The lowest BCUT2D eigenvalue weighted by Crippen LogP contribution is -2.11. The molecule has 0 amide bonds. The highest BCUT2D eigenvalue weighted by molar-refractivity contribution is 9.10. The van der Waals surface area contributed by atoms with Crippen LogP contribution in [0.25, 0.3) is 11.3 Å². The van der Waals surface area contributed by atoms with Crippen molar-refractivity contribution in [1.29, 1.82) is 0 Å². The predicted molar refractivity (Wildman–Crippen MR) is 83.4 cm³/mol. The molecule has 0 aliphatic heterocycles. The fourth-order valence-corrected chi connectivity index (χ4v) is 2.99. The van der Waals surface area contributed by atoms with Crippen LogP contribution < -0.4 is 5.32 Å². The van der Waals surface area contributed by atoms with Gasteiger partial charge < -0.3 is 5.32 Å². The Bertz CT molecular complexity index is 587. The van der Waals surface area contributed by atoms with E-state index in [1.807, 2.05) is 18.8 Å². The second-order valence-corrected chi connectivity index (χ2v) is 5.70. The Morgan fingerprint density at radius 2 is 2.05 bits per heavy atom. The molecule has 0 unspecified atom stereocenters. The minimum Gasteiger partial charge on any atom is -0.319 e. The summed E-state index contributed by atoms with van der Waals surface area (Å²) in [7, 11) is 3.97. The maximum atomic E-state index is 4.62. The van der Waals surface area contributed by atoms with Gasteiger partial charge in [-0.15, -0.1) is 0 Å². The quantitative estimate of drug-likeness (QED) is 0.937. The van der Waals surface area contributed by atoms with Crippen LogP contribution in [0.5, 0.6) is 0 Å². The van der Waals surface area contributed by atoms with Gasteiger partial charge in [-0.3, -0.25) is 4.68 Å². The SMILES string of the molecule is CNCCc1nn(C)c(-c2cc(C)ccc2C)c1Br. The van der Waals surface area contributed by atoms with E-state index in [1.165, 1.54) is 16.7 Å². The Balaban J connectivity index is 2.50. The van der Waals surface area contributed by atoms with Crippen molar-refractivity contribution in [2.24, 2.45) is 7.05 Å². The van der Waals surface area contributed by atoms with Crippen LogP contribution in [-0.2, 0) is 13.5 Å². The second kappa shape index (κ2) is 5.88. The molecule has 0 aliphatic carbocycles. The largest absolute Gasteiger partial charge is 0.319 e. The van der Waals surface area contributed by atoms with Crippen molar-refractivity contribution in [2.75, 3.05) is 13.6 Å². The van der Waals surface area contributed by atoms with Crippen molar-refractivity contribution in [1.82, 2.24) is 15.1 Å². The second-order valence-electron chi connectivity index (χ2n) is 4.90. The van der Waals surface area contributed by atoms with Gasteiger partial charge in [0, 0.05) is 25.6 Å². The summed E-state index contributed by atoms with van der Waals surface area (Å²) in [6, 6.07) is 6.53. The van der Waals surface area contributed by atoms with E-state index >= 15 is 0 Å². The van der Waals surface area contributed by atoms with Gasteiger partial charge in [0.15, 0.2) is 0 Å². The Hall–Kier alpha value is -1.13. The average molecular weight is 322 g/mol. The molecule has 19 heavy (non-hydrogen) atoms. The molecule has 1 N–H and O–H groups in total. The normalized spacial score (nSPS) is 11.0. The first-order chi connectivity index (χ1) is 9.04. The molecule has 0 bridgehead atoms. The Labute approximate surface area is 123 Å². The summed E-state index contributed by atoms with van der Waals surface area (Å²) in [6.07, 6.45) is 0.926. The maximum Gasteiger partial charge on any atom is 0.0826 e. The third-order valence-corrected chi connectivity index (χ3v) is 4.15. The lowest BCUT2D eigenvalue weighted by Gasteiger charge is -2.08. The van der Waals surface area contributed by atoms with Crippen LogP contribution in [0.2, 0.25) is 0 Å². The molecule has 0 fully saturated rings. The number of hydrogen-bond acceptors (Lipinski definition) is 2. The van der Waals surface area contributed by atoms with Gasteiger partial charge in [0.1, 0.15) is 0 Å². The van der Waals surface area contributed by atoms with Crippen molar-refractivity contribution in [2.45, 2.75) is 20.3 Å². The molecule has 2 rings (SSSR count). The first kappa shape index (κ1) is 14.3. The topological polar surface area (TPSA) is 29.9 Å². The van der Waals surface area contributed by atoms with Gasteiger partial charge >= 0.3 is 0 Å². The first-order valence-corrected chi connectivity index (χ1v) is 7.27. The summed E-state index contributed by atoms with van der Waals surface area (Å²) in [5, 5.41) is 7.79. The summed E-state index contributed by atoms with van der Waals surface area (Å²) in [6.45, 7) is 5.19. The molecule has 0 saturated heterocycles. The number of benzene rings is 1. The third-order valence-electron chi connectivity index (χ3n) is 3.32. The Morgan fingerprint density at radius 1 is 1.32 bits per heavy atom. The third kappa shape index (κ3) is 2.90. The van der Waals surface area contributed by atoms with Crippen LogP contribution >= 0.6 is 15.9 Å². The lowest BCUT2D eigenvalue weighted by atomic mass is 10.0. The molecule has 1 heterocycles. The Kier molecular flexibility index (Phi) is 4.42. The van der Waals surface area contributed by atoms with E-state index < -0.39 is 0 Å². The van der Waals surface area contributed by atoms with E-state index in [9.17, 15) is 0 Å². The molecule has 0 atom stereocenters. The molecular weight excluding hydrogens is 302 g/mol. The highest BCUT2D eigenvalue weighted by Gasteiger charge is 2.16. The number of nitrogens with zero attached hydrogens (tertiary/aromatic N) is 2. The fourth-order valence-electron chi connectivity index (χ4n) is 2.24. The zero-order valence-corrected chi connectivity index (χ0v) is 13.5. The molecule has 0 aliphatic rings. The number of rotatable bonds is 4. The van der Waals surface area contributed by atoms with Crippen LogP contribution in [0.15, 0.2) is 22.7 Å². The van der Waals surface area contributed by atoms with Gasteiger partial charge in [0.2, 0.25) is 0 Å². The molecule has 0 spiro atoms. The van der Waals surface area contributed by atoms with E-state index in [0.717, 1.165) is 28.8 Å². The number of nitrogens with one attached hydrogen (secondary N) is 1. The molecule has 102 valence electrons. The zero-order chi connectivity index (χ0) is 14.0. The molecule has 0 radical (unpaired) electrons. The van der Waals surface area contributed by atoms with Crippen molar-refractivity contribution in [3.63, 3.8) is 0 Å². The van der Waals surface area contributed by atoms with Crippen LogP contribution in [0.4, 0.5) is 0 Å². The van der Waals surface area contributed by atoms with Crippen LogP contribution in [0.3, 0.4) is 0 Å². The monoisotopic (exact) mass is 321 g/mol. The summed E-state index contributed by atoms with van der Waals surface area (Å²) < 4.78 is 3.08. The smallest absolute Gasteiger partial charge is 0.0826 e. The number of hydrogen-bond donors (Lipinski definition) is 1. The van der Waals surface area contributed by atoms with Crippen molar-refractivity contribution in [3.05, 3.63) is 39.5 Å². The number of halogens is 1. The van der Waals surface area contributed by atoms with Crippen LogP contribution in [-0.4, -0.2) is 23.4 Å². The van der Waals surface area contributed by atoms with E-state index in [4.69, 9.17) is 0 Å². The summed E-state index contributed by atoms with van der Waals surface area (Å²) in [4.78, 5) is 0. The van der Waals surface area contributed by atoms with Gasteiger partial charge in [-0.1, -0.05) is 17.7 Å². The molecule has 2 aromatic rings. The van der Waals surface area contributed by atoms with Crippen molar-refractivity contribution in [3.8, 4) is 11.3 Å². The van der Waals surface area contributed by atoms with E-state index in [1.54, 1.807) is 0 Å². The highest BCUT2D eigenvalue weighted by atomic mass is 79.9. The van der Waals surface area contributed by atoms with Crippen molar-refractivity contribution < 1.29 is 0 Å². The van der Waals surface area contributed by atoms with Crippen LogP contribution in [0, 0.1) is 13.8 Å². The summed E-state index contributed by atoms with van der Waals surface area (Å²) in [5.41, 5.74) is 6.05. The van der Waals surface area contributed by atoms with Crippen molar-refractivity contribution >= 4 is 15.9 Å². The maximum absolute atomic E-state index is 4.62. The fraction of sp³-hybridized carbons (Fsp3) is 0.400. The molecular formula is C15H20BrN3. The molecule has 3 nitrogen and oxygen atoms in total. The first-order valence-electron chi connectivity index (χ1n) is 6.48. The molecule has 1 aromatic heterocycles. The van der Waals surface area contributed by atoms with E-state index in [0.29, 0.717) is 0 Å². The van der Waals surface area contributed by atoms with Gasteiger partial charge in [0.25, 0.3) is 0 Å². The average Bonchev–Trinajstić information content (AvgIpc) is 2.65. The van der Waals surface area contributed by atoms with E-state index in [-0.39, 0.29) is 0 Å². The molecule has 4 heteroatoms. The lowest BCUT2D eigenvalue weighted by molar-refractivity contribution is 0.720. The zero-order valence-electron chi connectivity index (χ0n) is 11.9. The van der Waals surface area contributed by atoms with Gasteiger partial charge in [-0.2, -0.15) is 5.10 Å². The van der Waals surface area contributed by atoms with Gasteiger partial charge in [-0.05, 0) is 48.5 Å². The molecule has 0 saturated carbocycles. The van der Waals surface area contributed by atoms with Crippen LogP contribution in [0.1, 0.15) is 16.8 Å². The number of aromatic nitrogens is 2. The predicted octanol–water partition coefficient (Wildman–Crippen LogP) is 3.23. The highest BCUT2D eigenvalue weighted by Crippen LogP contribution is 2.33. The number of likely N-dealkylation sites (N-methyl/N-ethyl adjacent to an activating group) is 1. The van der Waals surface area contributed by atoms with Gasteiger partial charge in [-0.25, -0.2) is 0 Å². The minimum absolute atomic E-state index is 0.926. The summed E-state index contributed by atoms with van der Waals surface area (Å²) in [5.74, 6) is 0. The molecule has 1 aromatic carbocycles. The minimum atomic E-state index is 0.926. The standard InChI is InChI=1S/C15H20BrN3/c1-10-5-6-11(2)12(9-10)15-14(16)13(7-8-17-3)18-19(15)4/h5-6,9,17H,7-8H2,1-4H3. The van der Waals surface area contributed by atoms with E-state index in [2.05, 4.69) is 58.4 Å². The Morgan fingerprint density at radius 3 is 2.74 bits per heavy atom.